The zero-order valence-electron chi connectivity index (χ0n) is 9.23. The minimum Gasteiger partial charge on any atom is -0.488 e. The van der Waals surface area contributed by atoms with Gasteiger partial charge in [-0.15, -0.1) is 0 Å². The fourth-order valence-corrected chi connectivity index (χ4v) is 1.08. The fraction of sp³-hybridized carbons (Fsp3) is 0.167. The molecule has 0 aromatic heterocycles. The quantitative estimate of drug-likeness (QED) is 0.814. The van der Waals surface area contributed by atoms with E-state index in [-0.39, 0.29) is 11.3 Å². The van der Waals surface area contributed by atoms with E-state index in [1.165, 1.54) is 18.3 Å². The molecule has 0 aliphatic carbocycles. The number of nitrogens with zero attached hydrogens (tertiary/aromatic N) is 2. The number of ether oxygens (including phenoxy) is 1. The van der Waals surface area contributed by atoms with Gasteiger partial charge in [-0.1, -0.05) is 6.07 Å². The maximum atomic E-state index is 11.9. The van der Waals surface area contributed by atoms with Crippen molar-refractivity contribution < 1.29 is 13.5 Å². The number of halogens is 2. The van der Waals surface area contributed by atoms with Gasteiger partial charge in [0.25, 0.3) is 6.43 Å². The summed E-state index contributed by atoms with van der Waals surface area (Å²) in [6.07, 6.45) is -1.31. The predicted molar refractivity (Wildman–Crippen MR) is 60.9 cm³/mol. The van der Waals surface area contributed by atoms with Crippen LogP contribution in [0.1, 0.15) is 0 Å². The molecular formula is C12H9F2N3O. The van der Waals surface area contributed by atoms with Gasteiger partial charge in [0.15, 0.2) is 0 Å². The van der Waals surface area contributed by atoms with Gasteiger partial charge < -0.3 is 10.1 Å². The fourth-order valence-electron chi connectivity index (χ4n) is 1.08. The summed E-state index contributed by atoms with van der Waals surface area (Å²) in [6, 6.07) is 9.65. The maximum absolute atomic E-state index is 11.9. The van der Waals surface area contributed by atoms with Crippen molar-refractivity contribution in [3.05, 3.63) is 36.0 Å². The summed E-state index contributed by atoms with van der Waals surface area (Å²) in [4.78, 5) is 0. The van der Waals surface area contributed by atoms with Gasteiger partial charge in [-0.3, -0.25) is 0 Å². The van der Waals surface area contributed by atoms with Crippen molar-refractivity contribution in [2.24, 2.45) is 0 Å². The Hall–Kier alpha value is -2.60. The highest BCUT2D eigenvalue weighted by molar-refractivity contribution is 5.52. The van der Waals surface area contributed by atoms with E-state index in [0.29, 0.717) is 5.69 Å². The van der Waals surface area contributed by atoms with E-state index >= 15 is 0 Å². The lowest BCUT2D eigenvalue weighted by molar-refractivity contribution is 0.0819. The molecule has 0 aliphatic rings. The summed E-state index contributed by atoms with van der Waals surface area (Å²) in [5, 5.41) is 19.7. The third kappa shape index (κ3) is 4.50. The molecule has 0 amide bonds. The summed E-state index contributed by atoms with van der Waals surface area (Å²) in [5.41, 5.74) is 0.443. The molecule has 0 heterocycles. The molecule has 1 rings (SSSR count). The standard InChI is InChI=1S/C12H9F2N3O/c13-12(14)8-18-11-3-1-2-10(4-11)17-7-9(5-15)6-16/h1-4,7,12,17H,8H2. The maximum Gasteiger partial charge on any atom is 0.272 e. The van der Waals surface area contributed by atoms with E-state index in [1.807, 2.05) is 0 Å². The average Bonchev–Trinajstić information content (AvgIpc) is 2.38. The van der Waals surface area contributed by atoms with E-state index in [2.05, 4.69) is 5.32 Å². The molecule has 1 aromatic rings. The topological polar surface area (TPSA) is 68.8 Å². The van der Waals surface area contributed by atoms with Crippen molar-refractivity contribution in [1.82, 2.24) is 0 Å². The molecule has 18 heavy (non-hydrogen) atoms. The molecule has 0 radical (unpaired) electrons. The Labute approximate surface area is 103 Å². The minimum atomic E-state index is -2.54. The molecular weight excluding hydrogens is 240 g/mol. The van der Waals surface area contributed by atoms with Crippen molar-refractivity contribution >= 4 is 5.69 Å². The molecule has 0 spiro atoms. The molecule has 92 valence electrons. The summed E-state index contributed by atoms with van der Waals surface area (Å²) in [5.74, 6) is 0.282. The van der Waals surface area contributed by atoms with Gasteiger partial charge in [0.2, 0.25) is 0 Å². The second kappa shape index (κ2) is 6.87. The number of rotatable bonds is 5. The van der Waals surface area contributed by atoms with Gasteiger partial charge in [-0.05, 0) is 12.1 Å². The van der Waals surface area contributed by atoms with Crippen LogP contribution in [0.4, 0.5) is 14.5 Å². The summed E-state index contributed by atoms with van der Waals surface area (Å²) >= 11 is 0. The van der Waals surface area contributed by atoms with Crippen LogP contribution in [-0.2, 0) is 0 Å². The number of hydrogen-bond donors (Lipinski definition) is 1. The number of hydrogen-bond acceptors (Lipinski definition) is 4. The number of benzene rings is 1. The van der Waals surface area contributed by atoms with Crippen molar-refractivity contribution in [2.75, 3.05) is 11.9 Å². The van der Waals surface area contributed by atoms with Crippen molar-refractivity contribution in [1.29, 1.82) is 10.5 Å². The molecule has 6 heteroatoms. The van der Waals surface area contributed by atoms with Crippen LogP contribution in [0.2, 0.25) is 0 Å². The van der Waals surface area contributed by atoms with Gasteiger partial charge in [0, 0.05) is 18.0 Å². The highest BCUT2D eigenvalue weighted by atomic mass is 19.3. The third-order valence-electron chi connectivity index (χ3n) is 1.83. The van der Waals surface area contributed by atoms with Crippen LogP contribution >= 0.6 is 0 Å². The summed E-state index contributed by atoms with van der Waals surface area (Å²) in [6.45, 7) is -0.680. The van der Waals surface area contributed by atoms with E-state index in [4.69, 9.17) is 15.3 Å². The second-order valence-electron chi connectivity index (χ2n) is 3.16. The van der Waals surface area contributed by atoms with Gasteiger partial charge in [-0.2, -0.15) is 10.5 Å². The first-order valence-corrected chi connectivity index (χ1v) is 4.93. The Morgan fingerprint density at radius 1 is 1.39 bits per heavy atom. The highest BCUT2D eigenvalue weighted by Gasteiger charge is 2.03. The molecule has 1 N–H and O–H groups in total. The Morgan fingerprint density at radius 2 is 2.11 bits per heavy atom. The molecule has 0 saturated carbocycles. The predicted octanol–water partition coefficient (Wildman–Crippen LogP) is 2.67. The first-order chi connectivity index (χ1) is 8.65. The SMILES string of the molecule is N#CC(C#N)=CNc1cccc(OCC(F)F)c1. The molecule has 0 bridgehead atoms. The zero-order chi connectivity index (χ0) is 13.4. The molecule has 0 unspecified atom stereocenters. The Morgan fingerprint density at radius 3 is 2.72 bits per heavy atom. The number of alkyl halides is 2. The molecule has 0 atom stereocenters. The normalized spacial score (nSPS) is 9.17. The van der Waals surface area contributed by atoms with Crippen molar-refractivity contribution in [3.63, 3.8) is 0 Å². The smallest absolute Gasteiger partial charge is 0.272 e. The summed E-state index contributed by atoms with van der Waals surface area (Å²) in [7, 11) is 0. The molecule has 0 aliphatic heterocycles. The third-order valence-corrected chi connectivity index (χ3v) is 1.83. The largest absolute Gasteiger partial charge is 0.488 e. The van der Waals surface area contributed by atoms with E-state index in [1.54, 1.807) is 24.3 Å². The van der Waals surface area contributed by atoms with E-state index in [0.717, 1.165) is 0 Å². The van der Waals surface area contributed by atoms with Gasteiger partial charge in [-0.25, -0.2) is 8.78 Å². The van der Waals surface area contributed by atoms with Crippen LogP contribution in [0.15, 0.2) is 36.0 Å². The van der Waals surface area contributed by atoms with Gasteiger partial charge >= 0.3 is 0 Å². The lowest BCUT2D eigenvalue weighted by Crippen LogP contribution is -2.06. The second-order valence-corrected chi connectivity index (χ2v) is 3.16. The van der Waals surface area contributed by atoms with E-state index in [9.17, 15) is 8.78 Å². The molecule has 0 fully saturated rings. The molecule has 1 aromatic carbocycles. The van der Waals surface area contributed by atoms with Crippen LogP contribution in [0.3, 0.4) is 0 Å². The van der Waals surface area contributed by atoms with Crippen LogP contribution < -0.4 is 10.1 Å². The van der Waals surface area contributed by atoms with Crippen LogP contribution in [0, 0.1) is 22.7 Å². The number of nitriles is 2. The highest BCUT2D eigenvalue weighted by Crippen LogP contribution is 2.18. The lowest BCUT2D eigenvalue weighted by atomic mass is 10.3. The van der Waals surface area contributed by atoms with Crippen molar-refractivity contribution in [3.8, 4) is 17.9 Å². The van der Waals surface area contributed by atoms with E-state index < -0.39 is 13.0 Å². The van der Waals surface area contributed by atoms with Crippen LogP contribution in [0.25, 0.3) is 0 Å². The summed E-state index contributed by atoms with van der Waals surface area (Å²) < 4.78 is 28.7. The Kier molecular flexibility index (Phi) is 5.14. The lowest BCUT2D eigenvalue weighted by Gasteiger charge is -2.07. The Balaban J connectivity index is 2.69. The van der Waals surface area contributed by atoms with Gasteiger partial charge in [0.05, 0.1) is 0 Å². The van der Waals surface area contributed by atoms with Crippen LogP contribution in [0.5, 0.6) is 5.75 Å². The van der Waals surface area contributed by atoms with Gasteiger partial charge in [0.1, 0.15) is 30.1 Å². The zero-order valence-corrected chi connectivity index (χ0v) is 9.23. The minimum absolute atomic E-state index is 0.0890. The first-order valence-electron chi connectivity index (χ1n) is 4.93. The molecule has 4 nitrogen and oxygen atoms in total. The average molecular weight is 249 g/mol. The number of anilines is 1. The number of allylic oxidation sites excluding steroid dienone is 1. The monoisotopic (exact) mass is 249 g/mol. The first kappa shape index (κ1) is 13.5. The van der Waals surface area contributed by atoms with Crippen LogP contribution in [-0.4, -0.2) is 13.0 Å². The molecule has 0 saturated heterocycles. The number of nitrogens with one attached hydrogen (secondary N) is 1. The van der Waals surface area contributed by atoms with Crippen molar-refractivity contribution in [2.45, 2.75) is 6.43 Å². The Bertz CT molecular complexity index is 499.